The molecule has 0 saturated heterocycles. The van der Waals surface area contributed by atoms with Crippen LogP contribution in [-0.4, -0.2) is 22.3 Å². The molecule has 3 nitrogen and oxygen atoms in total. The number of rotatable bonds is 0. The lowest BCUT2D eigenvalue weighted by molar-refractivity contribution is -0.134. The summed E-state index contributed by atoms with van der Waals surface area (Å²) in [4.78, 5) is 9.00. The molecule has 78 valence electrons. The van der Waals surface area contributed by atoms with Gasteiger partial charge in [0.15, 0.2) is 0 Å². The Hall–Kier alpha value is -0.570. The van der Waals surface area contributed by atoms with Gasteiger partial charge in [-0.25, -0.2) is 0 Å². The van der Waals surface area contributed by atoms with Crippen LogP contribution in [0.15, 0.2) is 0 Å². The Morgan fingerprint density at radius 2 is 1.77 bits per heavy atom. The van der Waals surface area contributed by atoms with Crippen LogP contribution < -0.4 is 0 Å². The predicted octanol–water partition coefficient (Wildman–Crippen LogP) is 2.04. The fourth-order valence-electron chi connectivity index (χ4n) is 1.57. The van der Waals surface area contributed by atoms with E-state index in [1.165, 1.54) is 19.3 Å². The zero-order chi connectivity index (χ0) is 10.3. The highest BCUT2D eigenvalue weighted by Gasteiger charge is 2.13. The van der Waals surface area contributed by atoms with Gasteiger partial charge in [0.2, 0.25) is 0 Å². The fourth-order valence-corrected chi connectivity index (χ4v) is 1.57. The van der Waals surface area contributed by atoms with Crippen molar-refractivity contribution < 1.29 is 15.0 Å². The number of carbonyl (C=O) groups is 1. The summed E-state index contributed by atoms with van der Waals surface area (Å²) in [5.41, 5.74) is 0. The Kier molecular flexibility index (Phi) is 6.59. The van der Waals surface area contributed by atoms with E-state index in [0.717, 1.165) is 25.7 Å². The van der Waals surface area contributed by atoms with Gasteiger partial charge in [-0.05, 0) is 18.8 Å². The minimum Gasteiger partial charge on any atom is -0.481 e. The molecule has 2 atom stereocenters. The second kappa shape index (κ2) is 6.89. The molecule has 0 heterocycles. The second-order valence-electron chi connectivity index (χ2n) is 3.80. The number of hydrogen-bond acceptors (Lipinski definition) is 2. The molecule has 0 aromatic carbocycles. The number of aliphatic carboxylic acids is 1. The summed E-state index contributed by atoms with van der Waals surface area (Å²) >= 11 is 0. The maximum atomic E-state index is 9.26. The zero-order valence-electron chi connectivity index (χ0n) is 8.49. The third-order valence-corrected chi connectivity index (χ3v) is 2.16. The first-order valence-corrected chi connectivity index (χ1v) is 4.90. The third-order valence-electron chi connectivity index (χ3n) is 2.16. The molecule has 0 spiro atoms. The van der Waals surface area contributed by atoms with Crippen molar-refractivity contribution >= 4 is 5.97 Å². The fraction of sp³-hybridized carbons (Fsp3) is 0.900. The Balaban J connectivity index is 0.000000310. The highest BCUT2D eigenvalue weighted by Crippen LogP contribution is 2.22. The van der Waals surface area contributed by atoms with Crippen molar-refractivity contribution in [2.24, 2.45) is 5.92 Å². The van der Waals surface area contributed by atoms with Gasteiger partial charge in [0.1, 0.15) is 0 Å². The van der Waals surface area contributed by atoms with Crippen molar-refractivity contribution in [2.75, 3.05) is 0 Å². The molecular formula is C10H20O3. The summed E-state index contributed by atoms with van der Waals surface area (Å²) in [7, 11) is 0. The summed E-state index contributed by atoms with van der Waals surface area (Å²) in [6.07, 6.45) is 5.92. The van der Waals surface area contributed by atoms with E-state index in [2.05, 4.69) is 6.92 Å². The standard InChI is InChI=1S/C8H16O.C2H4O2/c1-7-4-2-3-5-8(9)6-7;1-2(3)4/h7-9H,2-6H2,1H3;1H3,(H,3,4)/t7-,8+;/m1./s1. The smallest absolute Gasteiger partial charge is 0.300 e. The highest BCUT2D eigenvalue weighted by molar-refractivity contribution is 5.62. The average Bonchev–Trinajstić information content (AvgIpc) is 2.12. The van der Waals surface area contributed by atoms with E-state index >= 15 is 0 Å². The molecule has 2 N–H and O–H groups in total. The maximum absolute atomic E-state index is 9.26. The largest absolute Gasteiger partial charge is 0.481 e. The number of carboxylic acid groups (broad SMARTS) is 1. The Morgan fingerprint density at radius 3 is 2.31 bits per heavy atom. The van der Waals surface area contributed by atoms with Crippen molar-refractivity contribution in [3.63, 3.8) is 0 Å². The summed E-state index contributed by atoms with van der Waals surface area (Å²) in [6, 6.07) is 0. The van der Waals surface area contributed by atoms with Crippen LogP contribution in [0.3, 0.4) is 0 Å². The van der Waals surface area contributed by atoms with E-state index in [0.29, 0.717) is 0 Å². The molecule has 1 fully saturated rings. The van der Waals surface area contributed by atoms with Crippen LogP contribution in [-0.2, 0) is 4.79 Å². The first-order valence-electron chi connectivity index (χ1n) is 4.90. The molecule has 1 aliphatic carbocycles. The van der Waals surface area contributed by atoms with E-state index in [1.807, 2.05) is 0 Å². The van der Waals surface area contributed by atoms with Crippen molar-refractivity contribution in [3.8, 4) is 0 Å². The normalized spacial score (nSPS) is 28.2. The van der Waals surface area contributed by atoms with Gasteiger partial charge in [-0.15, -0.1) is 0 Å². The van der Waals surface area contributed by atoms with Crippen LogP contribution >= 0.6 is 0 Å². The van der Waals surface area contributed by atoms with Gasteiger partial charge >= 0.3 is 0 Å². The van der Waals surface area contributed by atoms with Crippen molar-refractivity contribution in [2.45, 2.75) is 52.1 Å². The van der Waals surface area contributed by atoms with Crippen LogP contribution in [0.1, 0.15) is 46.0 Å². The Labute approximate surface area is 79.8 Å². The number of aliphatic hydroxyl groups excluding tert-OH is 1. The van der Waals surface area contributed by atoms with E-state index in [-0.39, 0.29) is 6.10 Å². The molecule has 0 unspecified atom stereocenters. The minimum absolute atomic E-state index is 0.00231. The van der Waals surface area contributed by atoms with E-state index in [1.54, 1.807) is 0 Å². The summed E-state index contributed by atoms with van der Waals surface area (Å²) in [6.45, 7) is 3.31. The monoisotopic (exact) mass is 188 g/mol. The van der Waals surface area contributed by atoms with Gasteiger partial charge < -0.3 is 10.2 Å². The molecule has 1 aliphatic rings. The molecule has 0 amide bonds. The van der Waals surface area contributed by atoms with Crippen LogP contribution in [0.5, 0.6) is 0 Å². The number of carboxylic acids is 1. The van der Waals surface area contributed by atoms with Crippen LogP contribution in [0.25, 0.3) is 0 Å². The van der Waals surface area contributed by atoms with Gasteiger partial charge in [-0.1, -0.05) is 26.2 Å². The van der Waals surface area contributed by atoms with Gasteiger partial charge in [0.05, 0.1) is 6.10 Å². The molecule has 1 rings (SSSR count). The molecule has 13 heavy (non-hydrogen) atoms. The maximum Gasteiger partial charge on any atom is 0.300 e. The topological polar surface area (TPSA) is 57.5 Å². The highest BCUT2D eigenvalue weighted by atomic mass is 16.4. The van der Waals surface area contributed by atoms with Gasteiger partial charge in [0, 0.05) is 6.92 Å². The molecule has 0 radical (unpaired) electrons. The van der Waals surface area contributed by atoms with Crippen LogP contribution in [0, 0.1) is 5.92 Å². The lowest BCUT2D eigenvalue weighted by Crippen LogP contribution is -2.07. The predicted molar refractivity (Wildman–Crippen MR) is 51.6 cm³/mol. The third kappa shape index (κ3) is 9.34. The van der Waals surface area contributed by atoms with Crippen molar-refractivity contribution in [3.05, 3.63) is 0 Å². The molecule has 1 saturated carbocycles. The Morgan fingerprint density at radius 1 is 1.31 bits per heavy atom. The lowest BCUT2D eigenvalue weighted by atomic mass is 10.0. The zero-order valence-corrected chi connectivity index (χ0v) is 8.49. The molecule has 3 heteroatoms. The van der Waals surface area contributed by atoms with Crippen LogP contribution in [0.2, 0.25) is 0 Å². The quantitative estimate of drug-likeness (QED) is 0.572. The van der Waals surface area contributed by atoms with E-state index < -0.39 is 5.97 Å². The first kappa shape index (κ1) is 12.4. The lowest BCUT2D eigenvalue weighted by Gasteiger charge is -2.09. The molecule has 0 aromatic rings. The van der Waals surface area contributed by atoms with Gasteiger partial charge in [-0.2, -0.15) is 0 Å². The van der Waals surface area contributed by atoms with E-state index in [4.69, 9.17) is 9.90 Å². The molecular weight excluding hydrogens is 168 g/mol. The van der Waals surface area contributed by atoms with Crippen LogP contribution in [0.4, 0.5) is 0 Å². The van der Waals surface area contributed by atoms with Crippen molar-refractivity contribution in [1.82, 2.24) is 0 Å². The minimum atomic E-state index is -0.833. The summed E-state index contributed by atoms with van der Waals surface area (Å²) < 4.78 is 0. The number of aliphatic hydroxyl groups is 1. The van der Waals surface area contributed by atoms with Gasteiger partial charge in [0.25, 0.3) is 5.97 Å². The summed E-state index contributed by atoms with van der Waals surface area (Å²) in [5.74, 6) is -0.0810. The first-order chi connectivity index (χ1) is 6.02. The number of hydrogen-bond donors (Lipinski definition) is 2. The molecule has 0 aliphatic heterocycles. The average molecular weight is 188 g/mol. The SMILES string of the molecule is CC(=O)O.C[C@@H]1CCCC[C@H](O)C1. The van der Waals surface area contributed by atoms with Gasteiger partial charge in [-0.3, -0.25) is 4.79 Å². The second-order valence-corrected chi connectivity index (χ2v) is 3.80. The summed E-state index contributed by atoms with van der Waals surface area (Å²) in [5, 5.41) is 16.7. The Bertz CT molecular complexity index is 131. The molecule has 0 bridgehead atoms. The molecule has 0 aromatic heterocycles. The van der Waals surface area contributed by atoms with Crippen molar-refractivity contribution in [1.29, 1.82) is 0 Å². The van der Waals surface area contributed by atoms with E-state index in [9.17, 15) is 5.11 Å².